The van der Waals surface area contributed by atoms with Gasteiger partial charge in [-0.3, -0.25) is 9.59 Å². The van der Waals surface area contributed by atoms with Crippen LogP contribution in [0.15, 0.2) is 58.6 Å². The van der Waals surface area contributed by atoms with Crippen LogP contribution in [-0.4, -0.2) is 28.2 Å². The van der Waals surface area contributed by atoms with Gasteiger partial charge < -0.3 is 10.0 Å². The van der Waals surface area contributed by atoms with Crippen molar-refractivity contribution in [3.63, 3.8) is 0 Å². The van der Waals surface area contributed by atoms with Crippen LogP contribution in [0, 0.1) is 5.82 Å². The molecule has 2 aromatic rings. The normalized spacial score (nSPS) is 16.8. The smallest absolute Gasteiger partial charge is 0.295 e. The Morgan fingerprint density at radius 2 is 1.36 bits per heavy atom. The van der Waals surface area contributed by atoms with Gasteiger partial charge in [0.25, 0.3) is 11.7 Å². The average molecular weight is 601 g/mol. The van der Waals surface area contributed by atoms with Gasteiger partial charge in [0.2, 0.25) is 0 Å². The minimum Gasteiger partial charge on any atom is -0.507 e. The number of carbonyl (C=O) groups excluding carboxylic acids is 2. The van der Waals surface area contributed by atoms with E-state index in [1.165, 1.54) is 82.8 Å². The van der Waals surface area contributed by atoms with Crippen LogP contribution < -0.4 is 0 Å². The molecular weight excluding hydrogens is 557 g/mol. The fourth-order valence-electron chi connectivity index (χ4n) is 5.37. The molecule has 1 fully saturated rings. The van der Waals surface area contributed by atoms with E-state index >= 15 is 0 Å². The summed E-state index contributed by atoms with van der Waals surface area (Å²) < 4.78 is 14.4. The minimum absolute atomic E-state index is 0.0510. The molecule has 1 N–H and O–H groups in total. The van der Waals surface area contributed by atoms with Crippen molar-refractivity contribution in [2.75, 3.05) is 6.54 Å². The van der Waals surface area contributed by atoms with Gasteiger partial charge in [0.1, 0.15) is 11.6 Å². The number of rotatable bonds is 17. The van der Waals surface area contributed by atoms with Crippen molar-refractivity contribution in [2.45, 2.75) is 103 Å². The van der Waals surface area contributed by atoms with E-state index in [-0.39, 0.29) is 11.3 Å². The van der Waals surface area contributed by atoms with Gasteiger partial charge in [0.15, 0.2) is 0 Å². The quantitative estimate of drug-likeness (QED) is 0.0852. The van der Waals surface area contributed by atoms with Crippen LogP contribution in [0.2, 0.25) is 0 Å². The Morgan fingerprint density at radius 3 is 1.90 bits per heavy atom. The van der Waals surface area contributed by atoms with Crippen LogP contribution in [0.1, 0.15) is 114 Å². The van der Waals surface area contributed by atoms with Crippen molar-refractivity contribution < 1.29 is 19.1 Å². The third-order valence-electron chi connectivity index (χ3n) is 7.58. The maximum atomic E-state index is 13.7. The zero-order valence-corrected chi connectivity index (χ0v) is 24.9. The van der Waals surface area contributed by atoms with E-state index in [0.717, 1.165) is 23.7 Å². The maximum Gasteiger partial charge on any atom is 0.295 e. The number of aliphatic hydroxyl groups is 1. The molecule has 0 aliphatic carbocycles. The molecule has 2 aromatic carbocycles. The first-order valence-electron chi connectivity index (χ1n) is 14.7. The van der Waals surface area contributed by atoms with E-state index in [0.29, 0.717) is 17.7 Å². The van der Waals surface area contributed by atoms with E-state index in [1.54, 1.807) is 35.2 Å². The Balaban J connectivity index is 1.53. The maximum absolute atomic E-state index is 13.7. The van der Waals surface area contributed by atoms with Gasteiger partial charge >= 0.3 is 0 Å². The Bertz CT molecular complexity index is 1100. The number of amides is 1. The fraction of sp³-hybridized carbons (Fsp3) is 0.515. The molecule has 3 rings (SSSR count). The van der Waals surface area contributed by atoms with Crippen LogP contribution in [0.25, 0.3) is 5.76 Å². The molecule has 39 heavy (non-hydrogen) atoms. The summed E-state index contributed by atoms with van der Waals surface area (Å²) in [6.07, 6.45) is 17.3. The third-order valence-corrected chi connectivity index (χ3v) is 8.07. The summed E-state index contributed by atoms with van der Waals surface area (Å²) in [6, 6.07) is 12.0. The monoisotopic (exact) mass is 599 g/mol. The molecule has 0 unspecified atom stereocenters. The molecule has 1 heterocycles. The molecule has 212 valence electrons. The molecule has 0 spiro atoms. The third kappa shape index (κ3) is 9.30. The van der Waals surface area contributed by atoms with Crippen LogP contribution in [-0.2, 0) is 9.59 Å². The first kappa shape index (κ1) is 31.1. The van der Waals surface area contributed by atoms with E-state index in [4.69, 9.17) is 0 Å². The van der Waals surface area contributed by atoms with Crippen molar-refractivity contribution in [3.05, 3.63) is 75.5 Å². The second-order valence-corrected chi connectivity index (χ2v) is 11.6. The molecule has 0 saturated carbocycles. The Hall–Kier alpha value is -2.47. The summed E-state index contributed by atoms with van der Waals surface area (Å²) >= 11 is 3.39. The molecular formula is C33H43BrFNO3. The highest BCUT2D eigenvalue weighted by Gasteiger charge is 2.45. The van der Waals surface area contributed by atoms with Crippen molar-refractivity contribution >= 4 is 33.4 Å². The lowest BCUT2D eigenvalue weighted by atomic mass is 9.95. The van der Waals surface area contributed by atoms with Gasteiger partial charge in [-0.15, -0.1) is 0 Å². The number of hydrogen-bond donors (Lipinski definition) is 1. The van der Waals surface area contributed by atoms with Crippen LogP contribution in [0.4, 0.5) is 4.39 Å². The first-order chi connectivity index (χ1) is 18.9. The van der Waals surface area contributed by atoms with Gasteiger partial charge in [-0.05, 0) is 36.2 Å². The summed E-state index contributed by atoms with van der Waals surface area (Å²) in [5.74, 6) is -1.93. The number of hydrogen-bond acceptors (Lipinski definition) is 3. The van der Waals surface area contributed by atoms with Crippen LogP contribution in [0.5, 0.6) is 0 Å². The highest BCUT2D eigenvalue weighted by Crippen LogP contribution is 2.40. The summed E-state index contributed by atoms with van der Waals surface area (Å²) in [7, 11) is 0. The zero-order chi connectivity index (χ0) is 28.0. The number of Topliss-reactive ketones (excluding diaryl/α,β-unsaturated/α-hetero) is 1. The Morgan fingerprint density at radius 1 is 0.821 bits per heavy atom. The van der Waals surface area contributed by atoms with E-state index in [1.807, 2.05) is 6.07 Å². The molecule has 1 amide bonds. The van der Waals surface area contributed by atoms with Gasteiger partial charge in [-0.1, -0.05) is 131 Å². The highest BCUT2D eigenvalue weighted by molar-refractivity contribution is 9.10. The van der Waals surface area contributed by atoms with Crippen molar-refractivity contribution in [3.8, 4) is 0 Å². The number of nitrogens with zero attached hydrogens (tertiary/aromatic N) is 1. The predicted octanol–water partition coefficient (Wildman–Crippen LogP) is 9.49. The number of halogens is 2. The predicted molar refractivity (Wildman–Crippen MR) is 160 cm³/mol. The van der Waals surface area contributed by atoms with E-state index < -0.39 is 23.5 Å². The zero-order valence-electron chi connectivity index (χ0n) is 23.3. The summed E-state index contributed by atoms with van der Waals surface area (Å²) in [4.78, 5) is 27.7. The first-order valence-corrected chi connectivity index (χ1v) is 15.5. The minimum atomic E-state index is -0.744. The largest absolute Gasteiger partial charge is 0.507 e. The van der Waals surface area contributed by atoms with E-state index in [9.17, 15) is 19.1 Å². The lowest BCUT2D eigenvalue weighted by Gasteiger charge is -2.25. The molecule has 0 aromatic heterocycles. The Labute approximate surface area is 241 Å². The number of carbonyl (C=O) groups is 2. The number of aliphatic hydroxyl groups excluding tert-OH is 1. The SMILES string of the molecule is CCCCCCCCCCCCCCCCN1C(=O)C(=O)C(=C(O)c2cccc(Br)c2)[C@@H]1c1ccc(F)cc1. The number of ketones is 1. The Kier molecular flexibility index (Phi) is 13.2. The number of benzene rings is 2. The molecule has 0 bridgehead atoms. The van der Waals surface area contributed by atoms with Gasteiger partial charge in [0, 0.05) is 16.6 Å². The second-order valence-electron chi connectivity index (χ2n) is 10.7. The lowest BCUT2D eigenvalue weighted by molar-refractivity contribution is -0.139. The second kappa shape index (κ2) is 16.6. The molecule has 1 saturated heterocycles. The van der Waals surface area contributed by atoms with Crippen LogP contribution in [0.3, 0.4) is 0 Å². The molecule has 4 nitrogen and oxygen atoms in total. The topological polar surface area (TPSA) is 57.6 Å². The van der Waals surface area contributed by atoms with Gasteiger partial charge in [-0.2, -0.15) is 0 Å². The van der Waals surface area contributed by atoms with Crippen LogP contribution >= 0.6 is 15.9 Å². The number of likely N-dealkylation sites (tertiary alicyclic amines) is 1. The average Bonchev–Trinajstić information content (AvgIpc) is 3.18. The molecule has 0 radical (unpaired) electrons. The fourth-order valence-corrected chi connectivity index (χ4v) is 5.77. The standard InChI is InChI=1S/C33H43BrFNO3/c1-2-3-4-5-6-7-8-9-10-11-12-13-14-15-23-36-30(25-19-21-28(35)22-20-25)29(32(38)33(36)39)31(37)26-17-16-18-27(34)24-26/h16-22,24,30,37H,2-15,23H2,1H3/t30-/m0/s1. The lowest BCUT2D eigenvalue weighted by Crippen LogP contribution is -2.30. The number of unbranched alkanes of at least 4 members (excludes halogenated alkanes) is 13. The highest BCUT2D eigenvalue weighted by atomic mass is 79.9. The van der Waals surface area contributed by atoms with Gasteiger partial charge in [0.05, 0.1) is 11.6 Å². The van der Waals surface area contributed by atoms with E-state index in [2.05, 4.69) is 22.9 Å². The van der Waals surface area contributed by atoms with Crippen molar-refractivity contribution in [2.24, 2.45) is 0 Å². The molecule has 6 heteroatoms. The summed E-state index contributed by atoms with van der Waals surface area (Å²) in [6.45, 7) is 2.67. The van der Waals surface area contributed by atoms with Crippen molar-refractivity contribution in [1.82, 2.24) is 4.90 Å². The molecule has 1 aliphatic rings. The van der Waals surface area contributed by atoms with Gasteiger partial charge in [-0.25, -0.2) is 4.39 Å². The van der Waals surface area contributed by atoms with Crippen molar-refractivity contribution in [1.29, 1.82) is 0 Å². The molecule has 1 aliphatic heterocycles. The summed E-state index contributed by atoms with van der Waals surface area (Å²) in [5.41, 5.74) is 1.11. The summed E-state index contributed by atoms with van der Waals surface area (Å²) in [5, 5.41) is 11.1. The molecule has 1 atom stereocenters.